The number of ether oxygens (including phenoxy) is 1. The van der Waals surface area contributed by atoms with Crippen molar-refractivity contribution in [1.82, 2.24) is 0 Å². The number of aliphatic hydroxyl groups excluding tert-OH is 1. The summed E-state index contributed by atoms with van der Waals surface area (Å²) in [6, 6.07) is 9.15. The van der Waals surface area contributed by atoms with Gasteiger partial charge in [0.25, 0.3) is 0 Å². The van der Waals surface area contributed by atoms with Gasteiger partial charge in [-0.25, -0.2) is 0 Å². The summed E-state index contributed by atoms with van der Waals surface area (Å²) < 4.78 is 5.63. The minimum Gasteiger partial charge on any atom is -0.390 e. The van der Waals surface area contributed by atoms with Gasteiger partial charge in [-0.1, -0.05) is 37.3 Å². The number of benzene rings is 1. The molecular weight excluding hydrogens is 230 g/mol. The summed E-state index contributed by atoms with van der Waals surface area (Å²) in [5, 5.41) is 9.74. The first-order chi connectivity index (χ1) is 8.63. The predicted octanol–water partition coefficient (Wildman–Crippen LogP) is 0.983. The summed E-state index contributed by atoms with van der Waals surface area (Å²) in [6.07, 6.45) is -0.685. The fourth-order valence-corrected chi connectivity index (χ4v) is 2.33. The molecule has 1 saturated heterocycles. The van der Waals surface area contributed by atoms with Gasteiger partial charge in [0.05, 0.1) is 18.3 Å². The van der Waals surface area contributed by atoms with E-state index in [2.05, 4.69) is 0 Å². The largest absolute Gasteiger partial charge is 0.390 e. The van der Waals surface area contributed by atoms with Gasteiger partial charge in [-0.3, -0.25) is 4.79 Å². The van der Waals surface area contributed by atoms with Crippen molar-refractivity contribution in [1.29, 1.82) is 0 Å². The Hall–Kier alpha value is -1.23. The van der Waals surface area contributed by atoms with E-state index >= 15 is 0 Å². The van der Waals surface area contributed by atoms with Crippen LogP contribution < -0.4 is 5.73 Å². The Labute approximate surface area is 107 Å². The number of aliphatic hydroxyl groups is 1. The molecule has 0 saturated carbocycles. The van der Waals surface area contributed by atoms with Crippen molar-refractivity contribution in [3.05, 3.63) is 35.9 Å². The normalized spacial score (nSPS) is 29.2. The van der Waals surface area contributed by atoms with E-state index in [1.54, 1.807) is 12.1 Å². The molecule has 18 heavy (non-hydrogen) atoms. The molecule has 0 spiro atoms. The van der Waals surface area contributed by atoms with E-state index in [-0.39, 0.29) is 30.5 Å². The SMILES string of the molecule is C[C@H](C(=O)c1ccccc1)C1CC(O)[C@@H](CN)O1. The van der Waals surface area contributed by atoms with Gasteiger partial charge in [0, 0.05) is 24.4 Å². The van der Waals surface area contributed by atoms with Crippen LogP contribution in [0, 0.1) is 5.92 Å². The molecule has 4 nitrogen and oxygen atoms in total. The van der Waals surface area contributed by atoms with Gasteiger partial charge in [-0.15, -0.1) is 0 Å². The van der Waals surface area contributed by atoms with Crippen molar-refractivity contribution in [2.24, 2.45) is 11.7 Å². The van der Waals surface area contributed by atoms with Gasteiger partial charge in [0.2, 0.25) is 0 Å². The Morgan fingerprint density at radius 2 is 2.17 bits per heavy atom. The third-order valence-corrected chi connectivity index (χ3v) is 3.51. The van der Waals surface area contributed by atoms with Crippen LogP contribution in [0.1, 0.15) is 23.7 Å². The molecular formula is C14H19NO3. The number of hydrogen-bond acceptors (Lipinski definition) is 4. The zero-order valence-electron chi connectivity index (χ0n) is 10.5. The molecule has 1 aromatic carbocycles. The van der Waals surface area contributed by atoms with Crippen LogP contribution in [0.25, 0.3) is 0 Å². The molecule has 1 aliphatic heterocycles. The average Bonchev–Trinajstić information content (AvgIpc) is 2.79. The molecule has 4 heteroatoms. The number of Topliss-reactive ketones (excluding diaryl/α,β-unsaturated/α-hetero) is 1. The van der Waals surface area contributed by atoms with E-state index in [1.165, 1.54) is 0 Å². The zero-order valence-corrected chi connectivity index (χ0v) is 10.5. The van der Waals surface area contributed by atoms with Gasteiger partial charge in [0.15, 0.2) is 5.78 Å². The Kier molecular flexibility index (Phi) is 4.11. The van der Waals surface area contributed by atoms with Gasteiger partial charge < -0.3 is 15.6 Å². The number of carbonyl (C=O) groups is 1. The highest BCUT2D eigenvalue weighted by atomic mass is 16.5. The average molecular weight is 249 g/mol. The lowest BCUT2D eigenvalue weighted by Crippen LogP contribution is -2.30. The van der Waals surface area contributed by atoms with E-state index in [1.807, 2.05) is 25.1 Å². The molecule has 98 valence electrons. The van der Waals surface area contributed by atoms with Crippen LogP contribution in [0.2, 0.25) is 0 Å². The maximum Gasteiger partial charge on any atom is 0.168 e. The molecule has 1 fully saturated rings. The minimum atomic E-state index is -0.564. The summed E-state index contributed by atoms with van der Waals surface area (Å²) in [5.74, 6) is -0.218. The smallest absolute Gasteiger partial charge is 0.168 e. The van der Waals surface area contributed by atoms with Crippen LogP contribution in [-0.4, -0.2) is 35.7 Å². The van der Waals surface area contributed by atoms with Gasteiger partial charge >= 0.3 is 0 Å². The van der Waals surface area contributed by atoms with E-state index in [9.17, 15) is 9.90 Å². The monoisotopic (exact) mass is 249 g/mol. The van der Waals surface area contributed by atoms with Crippen molar-refractivity contribution in [3.63, 3.8) is 0 Å². The highest BCUT2D eigenvalue weighted by Gasteiger charge is 2.38. The highest BCUT2D eigenvalue weighted by Crippen LogP contribution is 2.27. The van der Waals surface area contributed by atoms with Gasteiger partial charge in [-0.05, 0) is 0 Å². The minimum absolute atomic E-state index is 0.0467. The highest BCUT2D eigenvalue weighted by molar-refractivity contribution is 5.97. The van der Waals surface area contributed by atoms with Gasteiger partial charge in [0.1, 0.15) is 0 Å². The molecule has 0 radical (unpaired) electrons. The van der Waals surface area contributed by atoms with Crippen LogP contribution in [0.15, 0.2) is 30.3 Å². The van der Waals surface area contributed by atoms with Crippen LogP contribution in [0.4, 0.5) is 0 Å². The summed E-state index contributed by atoms with van der Waals surface area (Å²) in [7, 11) is 0. The van der Waals surface area contributed by atoms with E-state index in [4.69, 9.17) is 10.5 Å². The molecule has 1 aliphatic rings. The molecule has 2 unspecified atom stereocenters. The maximum absolute atomic E-state index is 12.2. The van der Waals surface area contributed by atoms with Crippen molar-refractivity contribution in [3.8, 4) is 0 Å². The summed E-state index contributed by atoms with van der Waals surface area (Å²) in [5.41, 5.74) is 6.18. The van der Waals surface area contributed by atoms with Crippen LogP contribution >= 0.6 is 0 Å². The van der Waals surface area contributed by atoms with Crippen molar-refractivity contribution in [2.75, 3.05) is 6.54 Å². The fraction of sp³-hybridized carbons (Fsp3) is 0.500. The van der Waals surface area contributed by atoms with Crippen LogP contribution in [-0.2, 0) is 4.74 Å². The van der Waals surface area contributed by atoms with Crippen molar-refractivity contribution >= 4 is 5.78 Å². The second-order valence-electron chi connectivity index (χ2n) is 4.77. The Morgan fingerprint density at radius 3 is 2.72 bits per heavy atom. The lowest BCUT2D eigenvalue weighted by Gasteiger charge is -2.18. The molecule has 0 amide bonds. The number of ketones is 1. The predicted molar refractivity (Wildman–Crippen MR) is 68.3 cm³/mol. The molecule has 1 aromatic rings. The first-order valence-electron chi connectivity index (χ1n) is 6.26. The number of hydrogen-bond donors (Lipinski definition) is 2. The molecule has 0 aliphatic carbocycles. The van der Waals surface area contributed by atoms with Crippen LogP contribution in [0.3, 0.4) is 0 Å². The van der Waals surface area contributed by atoms with Crippen molar-refractivity contribution < 1.29 is 14.6 Å². The maximum atomic E-state index is 12.2. The molecule has 1 heterocycles. The standard InChI is InChI=1S/C14H19NO3/c1-9(12-7-11(16)13(8-15)18-12)14(17)10-5-3-2-4-6-10/h2-6,9,11-13,16H,7-8,15H2,1H3/t9-,11?,12?,13+/m0/s1. The van der Waals surface area contributed by atoms with Gasteiger partial charge in [-0.2, -0.15) is 0 Å². The van der Waals surface area contributed by atoms with E-state index < -0.39 is 6.10 Å². The summed E-state index contributed by atoms with van der Waals surface area (Å²) in [6.45, 7) is 2.12. The summed E-state index contributed by atoms with van der Waals surface area (Å²) in [4.78, 5) is 12.2. The Morgan fingerprint density at radius 1 is 1.50 bits per heavy atom. The van der Waals surface area contributed by atoms with Crippen molar-refractivity contribution in [2.45, 2.75) is 31.7 Å². The Bertz CT molecular complexity index is 407. The molecule has 4 atom stereocenters. The first kappa shape index (κ1) is 13.2. The van der Waals surface area contributed by atoms with E-state index in [0.717, 1.165) is 0 Å². The molecule has 0 aromatic heterocycles. The second-order valence-corrected chi connectivity index (χ2v) is 4.77. The van der Waals surface area contributed by atoms with Crippen LogP contribution in [0.5, 0.6) is 0 Å². The Balaban J connectivity index is 2.04. The zero-order chi connectivity index (χ0) is 13.1. The number of carbonyl (C=O) groups excluding carboxylic acids is 1. The lowest BCUT2D eigenvalue weighted by atomic mass is 9.92. The molecule has 2 rings (SSSR count). The summed E-state index contributed by atoms with van der Waals surface area (Å²) >= 11 is 0. The topological polar surface area (TPSA) is 72.5 Å². The third-order valence-electron chi connectivity index (χ3n) is 3.51. The second kappa shape index (κ2) is 5.61. The quantitative estimate of drug-likeness (QED) is 0.780. The fourth-order valence-electron chi connectivity index (χ4n) is 2.33. The first-order valence-corrected chi connectivity index (χ1v) is 6.26. The van der Waals surface area contributed by atoms with E-state index in [0.29, 0.717) is 12.0 Å². The molecule has 3 N–H and O–H groups in total. The molecule has 0 bridgehead atoms. The lowest BCUT2D eigenvalue weighted by molar-refractivity contribution is -0.000349. The number of nitrogens with two attached hydrogens (primary N) is 1. The number of rotatable bonds is 4. The third kappa shape index (κ3) is 2.61.